The molecule has 3 rings (SSSR count). The molecular weight excluding hydrogens is 268 g/mol. The molecule has 0 aliphatic carbocycles. The molecule has 5 nitrogen and oxygen atoms in total. The van der Waals surface area contributed by atoms with Crippen molar-refractivity contribution in [3.05, 3.63) is 54.4 Å². The number of imidazole rings is 1. The lowest BCUT2D eigenvalue weighted by molar-refractivity contribution is 0.0697. The second-order valence-corrected chi connectivity index (χ2v) is 4.54. The fourth-order valence-corrected chi connectivity index (χ4v) is 2.20. The van der Waals surface area contributed by atoms with E-state index in [1.807, 2.05) is 37.4 Å². The fourth-order valence-electron chi connectivity index (χ4n) is 2.20. The van der Waals surface area contributed by atoms with Crippen molar-refractivity contribution >= 4 is 11.6 Å². The summed E-state index contributed by atoms with van der Waals surface area (Å²) in [6.45, 7) is 2.51. The summed E-state index contributed by atoms with van der Waals surface area (Å²) in [5.41, 5.74) is 2.45. The van der Waals surface area contributed by atoms with E-state index < -0.39 is 5.97 Å². The third-order valence-corrected chi connectivity index (χ3v) is 3.17. The predicted molar refractivity (Wildman–Crippen MR) is 78.8 cm³/mol. The Balaban J connectivity index is 2.11. The minimum Gasteiger partial charge on any atom is -0.493 e. The lowest BCUT2D eigenvalue weighted by Crippen LogP contribution is -1.96. The Hall–Kier alpha value is -2.82. The molecule has 1 N–H and O–H groups in total. The van der Waals surface area contributed by atoms with E-state index in [4.69, 9.17) is 9.84 Å². The van der Waals surface area contributed by atoms with E-state index in [0.29, 0.717) is 12.3 Å². The maximum Gasteiger partial charge on any atom is 0.335 e. The van der Waals surface area contributed by atoms with Gasteiger partial charge in [-0.25, -0.2) is 9.78 Å². The van der Waals surface area contributed by atoms with E-state index in [-0.39, 0.29) is 5.56 Å². The zero-order chi connectivity index (χ0) is 14.8. The van der Waals surface area contributed by atoms with E-state index in [0.717, 1.165) is 17.0 Å². The van der Waals surface area contributed by atoms with Gasteiger partial charge in [-0.2, -0.15) is 0 Å². The van der Waals surface area contributed by atoms with Crippen LogP contribution in [0.2, 0.25) is 0 Å². The number of ether oxygens (including phenoxy) is 1. The molecule has 0 radical (unpaired) electrons. The average molecular weight is 282 g/mol. The molecule has 0 bridgehead atoms. The summed E-state index contributed by atoms with van der Waals surface area (Å²) < 4.78 is 7.40. The van der Waals surface area contributed by atoms with Crippen LogP contribution < -0.4 is 4.74 Å². The number of carbonyl (C=O) groups is 1. The van der Waals surface area contributed by atoms with Crippen molar-refractivity contribution in [1.29, 1.82) is 0 Å². The second-order valence-electron chi connectivity index (χ2n) is 4.54. The smallest absolute Gasteiger partial charge is 0.335 e. The number of rotatable bonds is 4. The molecule has 3 aromatic rings. The van der Waals surface area contributed by atoms with Crippen molar-refractivity contribution in [3.8, 4) is 17.0 Å². The molecule has 21 heavy (non-hydrogen) atoms. The summed E-state index contributed by atoms with van der Waals surface area (Å²) in [6.07, 6.45) is 3.55. The van der Waals surface area contributed by atoms with Crippen LogP contribution in [0.1, 0.15) is 17.3 Å². The Morgan fingerprint density at radius 1 is 1.33 bits per heavy atom. The molecule has 0 saturated carbocycles. The van der Waals surface area contributed by atoms with Crippen LogP contribution in [0.4, 0.5) is 0 Å². The summed E-state index contributed by atoms with van der Waals surface area (Å²) in [4.78, 5) is 15.5. The zero-order valence-electron chi connectivity index (χ0n) is 11.5. The van der Waals surface area contributed by atoms with Crippen LogP contribution in [0, 0.1) is 0 Å². The van der Waals surface area contributed by atoms with Gasteiger partial charge in [-0.1, -0.05) is 12.1 Å². The highest BCUT2D eigenvalue weighted by Gasteiger charge is 2.11. The summed E-state index contributed by atoms with van der Waals surface area (Å²) in [5, 5.41) is 9.03. The maximum absolute atomic E-state index is 11.0. The van der Waals surface area contributed by atoms with Gasteiger partial charge in [0.15, 0.2) is 0 Å². The van der Waals surface area contributed by atoms with Gasteiger partial charge >= 0.3 is 5.97 Å². The van der Waals surface area contributed by atoms with Gasteiger partial charge in [0, 0.05) is 18.0 Å². The number of aromatic carboxylic acids is 1. The number of benzene rings is 1. The van der Waals surface area contributed by atoms with Crippen molar-refractivity contribution in [2.75, 3.05) is 6.61 Å². The van der Waals surface area contributed by atoms with Crippen LogP contribution in [-0.2, 0) is 0 Å². The van der Waals surface area contributed by atoms with E-state index in [2.05, 4.69) is 4.98 Å². The minimum atomic E-state index is -0.961. The molecule has 0 spiro atoms. The van der Waals surface area contributed by atoms with Crippen LogP contribution in [0.3, 0.4) is 0 Å². The molecule has 0 amide bonds. The number of aromatic nitrogens is 2. The van der Waals surface area contributed by atoms with E-state index >= 15 is 0 Å². The van der Waals surface area contributed by atoms with Crippen molar-refractivity contribution in [1.82, 2.24) is 9.38 Å². The SMILES string of the molecule is CCOc1ccccc1-c1cn2ccc(C(=O)O)cc2n1. The molecule has 0 saturated heterocycles. The number of carboxylic acid groups (broad SMARTS) is 1. The highest BCUT2D eigenvalue weighted by atomic mass is 16.5. The molecule has 2 aromatic heterocycles. The van der Waals surface area contributed by atoms with Gasteiger partial charge in [-0.15, -0.1) is 0 Å². The Bertz CT molecular complexity index is 808. The second kappa shape index (κ2) is 5.28. The number of hydrogen-bond acceptors (Lipinski definition) is 3. The molecular formula is C16H14N2O3. The molecule has 0 aliphatic rings. The number of fused-ring (bicyclic) bond motifs is 1. The molecule has 1 aromatic carbocycles. The lowest BCUT2D eigenvalue weighted by Gasteiger charge is -2.07. The fraction of sp³-hybridized carbons (Fsp3) is 0.125. The van der Waals surface area contributed by atoms with Crippen molar-refractivity contribution in [2.24, 2.45) is 0 Å². The summed E-state index contributed by atoms with van der Waals surface area (Å²) >= 11 is 0. The van der Waals surface area contributed by atoms with Crippen molar-refractivity contribution in [3.63, 3.8) is 0 Å². The van der Waals surface area contributed by atoms with Gasteiger partial charge in [0.2, 0.25) is 0 Å². The number of para-hydroxylation sites is 1. The van der Waals surface area contributed by atoms with Crippen LogP contribution in [0.15, 0.2) is 48.8 Å². The van der Waals surface area contributed by atoms with Gasteiger partial charge in [0.05, 0.1) is 17.9 Å². The monoisotopic (exact) mass is 282 g/mol. The number of pyridine rings is 1. The summed E-state index contributed by atoms with van der Waals surface area (Å²) in [6, 6.07) is 10.8. The van der Waals surface area contributed by atoms with Crippen molar-refractivity contribution < 1.29 is 14.6 Å². The number of carboxylic acids is 1. The van der Waals surface area contributed by atoms with Gasteiger partial charge < -0.3 is 14.2 Å². The van der Waals surface area contributed by atoms with Gasteiger partial charge in [-0.05, 0) is 31.2 Å². The molecule has 0 aliphatic heterocycles. The predicted octanol–water partition coefficient (Wildman–Crippen LogP) is 3.10. The Kier molecular flexibility index (Phi) is 3.31. The van der Waals surface area contributed by atoms with Gasteiger partial charge in [-0.3, -0.25) is 0 Å². The molecule has 2 heterocycles. The highest BCUT2D eigenvalue weighted by Crippen LogP contribution is 2.29. The minimum absolute atomic E-state index is 0.220. The first kappa shape index (κ1) is 13.2. The maximum atomic E-state index is 11.0. The van der Waals surface area contributed by atoms with E-state index in [1.54, 1.807) is 22.7 Å². The molecule has 106 valence electrons. The summed E-state index contributed by atoms with van der Waals surface area (Å²) in [5.74, 6) is -0.196. The quantitative estimate of drug-likeness (QED) is 0.798. The molecule has 0 atom stereocenters. The van der Waals surface area contributed by atoms with Crippen LogP contribution in [-0.4, -0.2) is 27.1 Å². The number of nitrogens with zero attached hydrogens (tertiary/aromatic N) is 2. The number of hydrogen-bond donors (Lipinski definition) is 1. The molecule has 5 heteroatoms. The highest BCUT2D eigenvalue weighted by molar-refractivity contribution is 5.88. The topological polar surface area (TPSA) is 63.8 Å². The van der Waals surface area contributed by atoms with Crippen LogP contribution in [0.25, 0.3) is 16.9 Å². The normalized spacial score (nSPS) is 10.7. The van der Waals surface area contributed by atoms with Crippen LogP contribution >= 0.6 is 0 Å². The van der Waals surface area contributed by atoms with Gasteiger partial charge in [0.1, 0.15) is 11.4 Å². The Morgan fingerprint density at radius 2 is 2.14 bits per heavy atom. The lowest BCUT2D eigenvalue weighted by atomic mass is 10.1. The first-order valence-electron chi connectivity index (χ1n) is 6.63. The largest absolute Gasteiger partial charge is 0.493 e. The first-order valence-corrected chi connectivity index (χ1v) is 6.63. The van der Waals surface area contributed by atoms with E-state index in [9.17, 15) is 4.79 Å². The van der Waals surface area contributed by atoms with Gasteiger partial charge in [0.25, 0.3) is 0 Å². The van der Waals surface area contributed by atoms with E-state index in [1.165, 1.54) is 0 Å². The first-order chi connectivity index (χ1) is 10.2. The Labute approximate surface area is 121 Å². The third-order valence-electron chi connectivity index (χ3n) is 3.17. The standard InChI is InChI=1S/C16H14N2O3/c1-2-21-14-6-4-3-5-12(14)13-10-18-8-7-11(16(19)20)9-15(18)17-13/h3-10H,2H2,1H3,(H,19,20). The molecule has 0 unspecified atom stereocenters. The van der Waals surface area contributed by atoms with Crippen molar-refractivity contribution in [2.45, 2.75) is 6.92 Å². The summed E-state index contributed by atoms with van der Waals surface area (Å²) in [7, 11) is 0. The molecule has 0 fully saturated rings. The average Bonchev–Trinajstić information content (AvgIpc) is 2.90. The Morgan fingerprint density at radius 3 is 2.90 bits per heavy atom. The van der Waals surface area contributed by atoms with Crippen LogP contribution in [0.5, 0.6) is 5.75 Å². The third kappa shape index (κ3) is 2.45. The zero-order valence-corrected chi connectivity index (χ0v) is 11.5.